The number of amides is 1. The molecule has 0 radical (unpaired) electrons. The van der Waals surface area contributed by atoms with Crippen molar-refractivity contribution >= 4 is 33.4 Å². The van der Waals surface area contributed by atoms with Crippen LogP contribution in [0.2, 0.25) is 0 Å². The van der Waals surface area contributed by atoms with E-state index >= 15 is 0 Å². The molecule has 1 atom stereocenters. The van der Waals surface area contributed by atoms with Gasteiger partial charge in [-0.1, -0.05) is 29.5 Å². The van der Waals surface area contributed by atoms with Crippen LogP contribution >= 0.6 is 11.3 Å². The maximum Gasteiger partial charge on any atom is 0.326 e. The first kappa shape index (κ1) is 20.0. The van der Waals surface area contributed by atoms with Crippen LogP contribution in [0.1, 0.15) is 6.92 Å². The maximum atomic E-state index is 12.8. The summed E-state index contributed by atoms with van der Waals surface area (Å²) in [5.74, 6) is 0.740. The predicted octanol–water partition coefficient (Wildman–Crippen LogP) is 2.54. The Morgan fingerprint density at radius 3 is 2.77 bits per heavy atom. The van der Waals surface area contributed by atoms with E-state index in [0.717, 1.165) is 4.70 Å². The molecule has 1 aromatic heterocycles. The van der Waals surface area contributed by atoms with Crippen LogP contribution in [0, 0.1) is 0 Å². The lowest BCUT2D eigenvalue weighted by Gasteiger charge is -2.23. The number of nitrogens with zero attached hydrogens (tertiary/aromatic N) is 2. The second kappa shape index (κ2) is 8.58. The third kappa shape index (κ3) is 3.88. The predicted molar refractivity (Wildman–Crippen MR) is 110 cm³/mol. The first-order valence-electron chi connectivity index (χ1n) is 9.39. The molecule has 1 aliphatic heterocycles. The van der Waals surface area contributed by atoms with E-state index < -0.39 is 18.0 Å². The summed E-state index contributed by atoms with van der Waals surface area (Å²) in [7, 11) is 1.55. The fraction of sp³-hybridized carbons (Fsp3) is 0.286. The molecule has 1 unspecified atom stereocenters. The maximum absolute atomic E-state index is 12.8. The molecule has 4 rings (SSSR count). The van der Waals surface area contributed by atoms with Gasteiger partial charge in [-0.15, -0.1) is 0 Å². The number of ether oxygens (including phenoxy) is 4. The molecule has 156 valence electrons. The summed E-state index contributed by atoms with van der Waals surface area (Å²) >= 11 is 1.28. The van der Waals surface area contributed by atoms with Gasteiger partial charge in [-0.2, -0.15) is 4.99 Å². The normalized spacial score (nSPS) is 15.8. The second-order valence-electron chi connectivity index (χ2n) is 6.40. The van der Waals surface area contributed by atoms with Crippen molar-refractivity contribution in [3.63, 3.8) is 0 Å². The number of rotatable bonds is 5. The Kier molecular flexibility index (Phi) is 5.71. The van der Waals surface area contributed by atoms with Crippen molar-refractivity contribution in [2.24, 2.45) is 4.99 Å². The number of methoxy groups -OCH3 is 1. The van der Waals surface area contributed by atoms with E-state index in [-0.39, 0.29) is 19.8 Å². The van der Waals surface area contributed by atoms with E-state index in [4.69, 9.17) is 18.9 Å². The van der Waals surface area contributed by atoms with Gasteiger partial charge in [-0.25, -0.2) is 0 Å². The molecule has 3 aromatic rings. The third-order valence-corrected chi connectivity index (χ3v) is 5.51. The van der Waals surface area contributed by atoms with Crippen LogP contribution in [-0.4, -0.2) is 42.9 Å². The van der Waals surface area contributed by atoms with Gasteiger partial charge in [-0.3, -0.25) is 9.59 Å². The summed E-state index contributed by atoms with van der Waals surface area (Å²) in [6.45, 7) is 1.97. The average Bonchev–Trinajstić information content (AvgIpc) is 3.10. The first-order valence-corrected chi connectivity index (χ1v) is 10.2. The van der Waals surface area contributed by atoms with Crippen LogP contribution in [-0.2, 0) is 20.9 Å². The Morgan fingerprint density at radius 2 is 2.00 bits per heavy atom. The van der Waals surface area contributed by atoms with Crippen molar-refractivity contribution in [2.45, 2.75) is 19.6 Å². The lowest BCUT2D eigenvalue weighted by molar-refractivity contribution is -0.143. The minimum Gasteiger partial charge on any atom is -0.495 e. The number of hydrogen-bond acceptors (Lipinski definition) is 7. The van der Waals surface area contributed by atoms with Gasteiger partial charge in [0, 0.05) is 0 Å². The zero-order chi connectivity index (χ0) is 21.1. The minimum absolute atomic E-state index is 0.0610. The fourth-order valence-corrected chi connectivity index (χ4v) is 4.19. The van der Waals surface area contributed by atoms with E-state index in [0.29, 0.717) is 27.6 Å². The summed E-state index contributed by atoms with van der Waals surface area (Å²) in [5, 5.41) is 0. The van der Waals surface area contributed by atoms with Gasteiger partial charge in [-0.05, 0) is 31.2 Å². The van der Waals surface area contributed by atoms with E-state index in [1.54, 1.807) is 42.9 Å². The van der Waals surface area contributed by atoms with Crippen molar-refractivity contribution in [1.29, 1.82) is 0 Å². The van der Waals surface area contributed by atoms with Crippen LogP contribution in [0.4, 0.5) is 0 Å². The number of thiazole rings is 1. The Hall–Kier alpha value is -3.33. The Labute approximate surface area is 176 Å². The molecule has 2 heterocycles. The molecular weight excluding hydrogens is 408 g/mol. The highest BCUT2D eigenvalue weighted by Gasteiger charge is 2.27. The Bertz CT molecular complexity index is 1170. The zero-order valence-corrected chi connectivity index (χ0v) is 17.3. The number of esters is 1. The van der Waals surface area contributed by atoms with Crippen molar-refractivity contribution in [2.75, 3.05) is 20.3 Å². The number of aromatic nitrogens is 1. The van der Waals surface area contributed by atoms with E-state index in [2.05, 4.69) is 4.99 Å². The molecule has 0 N–H and O–H groups in total. The lowest BCUT2D eigenvalue weighted by Crippen LogP contribution is -2.37. The van der Waals surface area contributed by atoms with Gasteiger partial charge < -0.3 is 23.5 Å². The van der Waals surface area contributed by atoms with Crippen LogP contribution in [0.5, 0.6) is 17.2 Å². The van der Waals surface area contributed by atoms with Crippen molar-refractivity contribution in [3.8, 4) is 17.2 Å². The highest BCUT2D eigenvalue weighted by atomic mass is 32.1. The molecule has 0 saturated heterocycles. The van der Waals surface area contributed by atoms with Crippen LogP contribution in [0.15, 0.2) is 47.5 Å². The van der Waals surface area contributed by atoms with Gasteiger partial charge >= 0.3 is 5.97 Å². The van der Waals surface area contributed by atoms with Gasteiger partial charge in [0.25, 0.3) is 5.91 Å². The monoisotopic (exact) mass is 428 g/mol. The summed E-state index contributed by atoms with van der Waals surface area (Å²) in [6, 6.07) is 12.7. The smallest absolute Gasteiger partial charge is 0.326 e. The molecule has 30 heavy (non-hydrogen) atoms. The molecular formula is C21H20N2O6S. The standard InChI is InChI=1S/C21H20N2O6S/c1-3-27-18(24)11-23-19-15(26-2)9-6-10-17(19)30-21(23)22-20(25)16-12-28-13-7-4-5-8-14(13)29-16/h4-10,16H,3,11-12H2,1-2H3. The van der Waals surface area contributed by atoms with Gasteiger partial charge in [0.15, 0.2) is 16.3 Å². The third-order valence-electron chi connectivity index (χ3n) is 4.47. The summed E-state index contributed by atoms with van der Waals surface area (Å²) in [4.78, 5) is 29.6. The van der Waals surface area contributed by atoms with Gasteiger partial charge in [0.1, 0.15) is 24.4 Å². The van der Waals surface area contributed by atoms with E-state index in [9.17, 15) is 9.59 Å². The molecule has 0 aliphatic carbocycles. The van der Waals surface area contributed by atoms with E-state index in [1.807, 2.05) is 18.2 Å². The SMILES string of the molecule is CCOC(=O)Cn1c(=NC(=O)C2COc3ccccc3O2)sc2cccc(OC)c21. The molecule has 0 bridgehead atoms. The molecule has 2 aromatic carbocycles. The summed E-state index contributed by atoms with van der Waals surface area (Å²) in [6.07, 6.45) is -0.872. The Balaban J connectivity index is 1.73. The summed E-state index contributed by atoms with van der Waals surface area (Å²) < 4.78 is 24.4. The number of carbonyl (C=O) groups is 2. The highest BCUT2D eigenvalue weighted by molar-refractivity contribution is 7.16. The minimum atomic E-state index is -0.872. The van der Waals surface area contributed by atoms with Crippen LogP contribution in [0.25, 0.3) is 10.2 Å². The average molecular weight is 428 g/mol. The molecule has 0 saturated carbocycles. The topological polar surface area (TPSA) is 88.4 Å². The fourth-order valence-electron chi connectivity index (χ4n) is 3.14. The number of carbonyl (C=O) groups excluding carboxylic acids is 2. The summed E-state index contributed by atoms with van der Waals surface area (Å²) in [5.41, 5.74) is 0.677. The van der Waals surface area contributed by atoms with Crippen LogP contribution < -0.4 is 19.0 Å². The van der Waals surface area contributed by atoms with Gasteiger partial charge in [0.05, 0.1) is 18.4 Å². The lowest BCUT2D eigenvalue weighted by atomic mass is 10.2. The number of fused-ring (bicyclic) bond motifs is 2. The molecule has 0 fully saturated rings. The zero-order valence-electron chi connectivity index (χ0n) is 16.5. The van der Waals surface area contributed by atoms with Crippen molar-refractivity contribution < 1.29 is 28.5 Å². The number of hydrogen-bond donors (Lipinski definition) is 0. The first-order chi connectivity index (χ1) is 14.6. The highest BCUT2D eigenvalue weighted by Crippen LogP contribution is 2.31. The van der Waals surface area contributed by atoms with E-state index in [1.165, 1.54) is 11.3 Å². The molecule has 0 spiro atoms. The molecule has 1 aliphatic rings. The van der Waals surface area contributed by atoms with Crippen molar-refractivity contribution in [1.82, 2.24) is 4.57 Å². The van der Waals surface area contributed by atoms with Crippen molar-refractivity contribution in [3.05, 3.63) is 47.3 Å². The Morgan fingerprint density at radius 1 is 1.20 bits per heavy atom. The largest absolute Gasteiger partial charge is 0.495 e. The molecule has 1 amide bonds. The number of para-hydroxylation sites is 3. The second-order valence-corrected chi connectivity index (χ2v) is 7.41. The molecule has 8 nitrogen and oxygen atoms in total. The van der Waals surface area contributed by atoms with Gasteiger partial charge in [0.2, 0.25) is 6.10 Å². The quantitative estimate of drug-likeness (QED) is 0.581. The molecule has 9 heteroatoms. The number of benzene rings is 2. The van der Waals surface area contributed by atoms with Crippen LogP contribution in [0.3, 0.4) is 0 Å².